The summed E-state index contributed by atoms with van der Waals surface area (Å²) in [6.07, 6.45) is 1.85. The number of aryl methyl sites for hydroxylation is 1. The topological polar surface area (TPSA) is 44.1 Å². The fourth-order valence-electron chi connectivity index (χ4n) is 2.28. The minimum Gasteiger partial charge on any atom is -0.465 e. The molecule has 1 aromatic carbocycles. The Kier molecular flexibility index (Phi) is 3.58. The van der Waals surface area contributed by atoms with Gasteiger partial charge in [0.1, 0.15) is 4.88 Å². The van der Waals surface area contributed by atoms with Gasteiger partial charge in [-0.05, 0) is 11.6 Å². The normalized spacial score (nSPS) is 10.6. The van der Waals surface area contributed by atoms with Gasteiger partial charge in [0.25, 0.3) is 0 Å². The summed E-state index contributed by atoms with van der Waals surface area (Å²) in [5.74, 6) is -0.310. The molecular formula is C16H14N2O2S. The lowest BCUT2D eigenvalue weighted by atomic mass is 10.0. The molecule has 0 saturated carbocycles. The summed E-state index contributed by atoms with van der Waals surface area (Å²) in [5.41, 5.74) is 4.12. The van der Waals surface area contributed by atoms with Crippen molar-refractivity contribution in [2.24, 2.45) is 7.05 Å². The van der Waals surface area contributed by atoms with E-state index in [9.17, 15) is 4.79 Å². The van der Waals surface area contributed by atoms with E-state index in [1.54, 1.807) is 0 Å². The Bertz CT molecular complexity index is 775. The van der Waals surface area contributed by atoms with Crippen LogP contribution >= 0.6 is 11.3 Å². The lowest BCUT2D eigenvalue weighted by Crippen LogP contribution is -1.97. The Morgan fingerprint density at radius 2 is 2.00 bits per heavy atom. The molecule has 0 spiro atoms. The molecule has 106 valence electrons. The molecule has 0 N–H and O–H groups in total. The van der Waals surface area contributed by atoms with E-state index in [0.717, 1.165) is 22.4 Å². The second-order valence-corrected chi connectivity index (χ2v) is 5.50. The highest BCUT2D eigenvalue weighted by Gasteiger charge is 2.16. The molecule has 0 atom stereocenters. The molecule has 2 aromatic heterocycles. The molecule has 5 heteroatoms. The van der Waals surface area contributed by atoms with Crippen molar-refractivity contribution < 1.29 is 9.53 Å². The maximum Gasteiger partial charge on any atom is 0.348 e. The SMILES string of the molecule is COC(=O)c1cc(-c2c(-c3ccccc3)cnn2C)cs1. The second-order valence-electron chi connectivity index (χ2n) is 4.59. The minimum atomic E-state index is -0.310. The summed E-state index contributed by atoms with van der Waals surface area (Å²) in [5, 5.41) is 6.30. The maximum absolute atomic E-state index is 11.6. The monoisotopic (exact) mass is 298 g/mol. The van der Waals surface area contributed by atoms with Crippen molar-refractivity contribution in [1.29, 1.82) is 0 Å². The summed E-state index contributed by atoms with van der Waals surface area (Å²) >= 11 is 1.38. The van der Waals surface area contributed by atoms with Crippen molar-refractivity contribution in [2.45, 2.75) is 0 Å². The predicted octanol–water partition coefficient (Wildman–Crippen LogP) is 3.60. The van der Waals surface area contributed by atoms with Crippen molar-refractivity contribution in [2.75, 3.05) is 7.11 Å². The quantitative estimate of drug-likeness (QED) is 0.694. The van der Waals surface area contributed by atoms with Crippen LogP contribution in [0.25, 0.3) is 22.4 Å². The van der Waals surface area contributed by atoms with E-state index in [1.165, 1.54) is 18.4 Å². The van der Waals surface area contributed by atoms with Crippen molar-refractivity contribution in [3.8, 4) is 22.4 Å². The standard InChI is InChI=1S/C16H14N2O2S/c1-18-15(12-8-14(21-10-12)16(19)20-2)13(9-17-18)11-6-4-3-5-7-11/h3-10H,1-2H3. The van der Waals surface area contributed by atoms with Gasteiger partial charge in [-0.25, -0.2) is 4.79 Å². The van der Waals surface area contributed by atoms with Crippen LogP contribution in [0.5, 0.6) is 0 Å². The number of methoxy groups -OCH3 is 1. The van der Waals surface area contributed by atoms with Gasteiger partial charge in [0.15, 0.2) is 0 Å². The second kappa shape index (κ2) is 5.54. The van der Waals surface area contributed by atoms with Crippen LogP contribution in [-0.2, 0) is 11.8 Å². The minimum absolute atomic E-state index is 0.310. The number of thiophene rings is 1. The lowest BCUT2D eigenvalue weighted by Gasteiger charge is -2.04. The first kappa shape index (κ1) is 13.6. The predicted molar refractivity (Wildman–Crippen MR) is 83.3 cm³/mol. The average molecular weight is 298 g/mol. The van der Waals surface area contributed by atoms with Crippen molar-refractivity contribution in [3.63, 3.8) is 0 Å². The first-order valence-corrected chi connectivity index (χ1v) is 7.33. The number of nitrogens with zero attached hydrogens (tertiary/aromatic N) is 2. The number of benzene rings is 1. The van der Waals surface area contributed by atoms with Gasteiger partial charge in [0, 0.05) is 23.6 Å². The van der Waals surface area contributed by atoms with Crippen LogP contribution in [0.3, 0.4) is 0 Å². The van der Waals surface area contributed by atoms with Crippen LogP contribution in [0.4, 0.5) is 0 Å². The molecule has 0 aliphatic rings. The molecule has 0 aliphatic carbocycles. The fourth-order valence-corrected chi connectivity index (χ4v) is 3.09. The highest BCUT2D eigenvalue weighted by atomic mass is 32.1. The lowest BCUT2D eigenvalue weighted by molar-refractivity contribution is 0.0606. The van der Waals surface area contributed by atoms with Crippen LogP contribution in [0.1, 0.15) is 9.67 Å². The zero-order chi connectivity index (χ0) is 14.8. The van der Waals surface area contributed by atoms with Crippen LogP contribution in [0.15, 0.2) is 48.0 Å². The zero-order valence-electron chi connectivity index (χ0n) is 11.7. The third-order valence-corrected chi connectivity index (χ3v) is 4.19. The zero-order valence-corrected chi connectivity index (χ0v) is 12.6. The van der Waals surface area contributed by atoms with E-state index in [1.807, 2.05) is 59.7 Å². The van der Waals surface area contributed by atoms with Gasteiger partial charge in [-0.15, -0.1) is 11.3 Å². The molecular weight excluding hydrogens is 284 g/mol. The number of carbonyl (C=O) groups is 1. The molecule has 0 radical (unpaired) electrons. The van der Waals surface area contributed by atoms with E-state index in [-0.39, 0.29) is 5.97 Å². The van der Waals surface area contributed by atoms with Crippen LogP contribution in [0, 0.1) is 0 Å². The van der Waals surface area contributed by atoms with E-state index in [2.05, 4.69) is 5.10 Å². The van der Waals surface area contributed by atoms with Gasteiger partial charge in [0.05, 0.1) is 19.0 Å². The maximum atomic E-state index is 11.6. The number of aromatic nitrogens is 2. The van der Waals surface area contributed by atoms with E-state index in [0.29, 0.717) is 4.88 Å². The highest BCUT2D eigenvalue weighted by Crippen LogP contribution is 2.34. The van der Waals surface area contributed by atoms with E-state index >= 15 is 0 Å². The number of ether oxygens (including phenoxy) is 1. The summed E-state index contributed by atoms with van der Waals surface area (Å²) in [6.45, 7) is 0. The largest absolute Gasteiger partial charge is 0.465 e. The van der Waals surface area contributed by atoms with Crippen LogP contribution in [-0.4, -0.2) is 22.9 Å². The Balaban J connectivity index is 2.09. The third-order valence-electron chi connectivity index (χ3n) is 3.28. The van der Waals surface area contributed by atoms with Crippen molar-refractivity contribution in [1.82, 2.24) is 9.78 Å². The number of carbonyl (C=O) groups excluding carboxylic acids is 1. The van der Waals surface area contributed by atoms with E-state index < -0.39 is 0 Å². The number of rotatable bonds is 3. The van der Waals surface area contributed by atoms with Crippen LogP contribution < -0.4 is 0 Å². The number of esters is 1. The Morgan fingerprint density at radius 1 is 1.24 bits per heavy atom. The highest BCUT2D eigenvalue weighted by molar-refractivity contribution is 7.12. The number of hydrogen-bond acceptors (Lipinski definition) is 4. The van der Waals surface area contributed by atoms with Gasteiger partial charge in [0.2, 0.25) is 0 Å². The molecule has 3 rings (SSSR count). The van der Waals surface area contributed by atoms with Gasteiger partial charge in [-0.2, -0.15) is 5.10 Å². The summed E-state index contributed by atoms with van der Waals surface area (Å²) < 4.78 is 6.59. The third kappa shape index (κ3) is 2.48. The van der Waals surface area contributed by atoms with Gasteiger partial charge >= 0.3 is 5.97 Å². The molecule has 0 fully saturated rings. The molecule has 0 unspecified atom stereocenters. The molecule has 0 amide bonds. The molecule has 0 bridgehead atoms. The Labute approximate surface area is 126 Å². The van der Waals surface area contributed by atoms with Gasteiger partial charge < -0.3 is 4.74 Å². The molecule has 3 aromatic rings. The first-order valence-electron chi connectivity index (χ1n) is 6.45. The van der Waals surface area contributed by atoms with E-state index in [4.69, 9.17) is 4.74 Å². The van der Waals surface area contributed by atoms with Gasteiger partial charge in [-0.1, -0.05) is 30.3 Å². The Hall–Kier alpha value is -2.40. The fraction of sp³-hybridized carbons (Fsp3) is 0.125. The molecule has 21 heavy (non-hydrogen) atoms. The summed E-state index contributed by atoms with van der Waals surface area (Å²) in [4.78, 5) is 12.2. The molecule has 0 saturated heterocycles. The Morgan fingerprint density at radius 3 is 2.71 bits per heavy atom. The average Bonchev–Trinajstić information content (AvgIpc) is 3.13. The summed E-state index contributed by atoms with van der Waals surface area (Å²) in [7, 11) is 3.29. The van der Waals surface area contributed by atoms with Crippen molar-refractivity contribution in [3.05, 3.63) is 52.9 Å². The summed E-state index contributed by atoms with van der Waals surface area (Å²) in [6, 6.07) is 11.9. The molecule has 4 nitrogen and oxygen atoms in total. The molecule has 2 heterocycles. The van der Waals surface area contributed by atoms with Crippen LogP contribution in [0.2, 0.25) is 0 Å². The number of hydrogen-bond donors (Lipinski definition) is 0. The molecule has 0 aliphatic heterocycles. The van der Waals surface area contributed by atoms with Crippen molar-refractivity contribution >= 4 is 17.3 Å². The smallest absolute Gasteiger partial charge is 0.348 e. The van der Waals surface area contributed by atoms with Gasteiger partial charge in [-0.3, -0.25) is 4.68 Å². The first-order chi connectivity index (χ1) is 10.2.